The minimum Gasteiger partial charge on any atom is -0.494 e. The van der Waals surface area contributed by atoms with Crippen LogP contribution >= 0.6 is 0 Å². The van der Waals surface area contributed by atoms with Crippen LogP contribution in [-0.2, 0) is 11.4 Å². The largest absolute Gasteiger partial charge is 0.494 e. The van der Waals surface area contributed by atoms with Gasteiger partial charge in [0.1, 0.15) is 5.75 Å². The Morgan fingerprint density at radius 3 is 2.55 bits per heavy atom. The van der Waals surface area contributed by atoms with Gasteiger partial charge in [0.2, 0.25) is 5.91 Å². The lowest BCUT2D eigenvalue weighted by atomic mass is 10.1. The highest BCUT2D eigenvalue weighted by Gasteiger charge is 2.06. The van der Waals surface area contributed by atoms with Crippen LogP contribution in [0.25, 0.3) is 0 Å². The molecule has 0 heterocycles. The zero-order valence-corrected chi connectivity index (χ0v) is 12.4. The highest BCUT2D eigenvalue weighted by molar-refractivity contribution is 5.99. The predicted octanol–water partition coefficient (Wildman–Crippen LogP) is 3.26. The third-order valence-electron chi connectivity index (χ3n) is 3.04. The minimum atomic E-state index is -0.142. The first kappa shape index (κ1) is 16.2. The van der Waals surface area contributed by atoms with E-state index in [9.17, 15) is 9.90 Å². The van der Waals surface area contributed by atoms with Crippen molar-refractivity contribution in [3.8, 4) is 5.75 Å². The van der Waals surface area contributed by atoms with Gasteiger partial charge in [-0.25, -0.2) is 0 Å². The molecule has 1 aromatic rings. The van der Waals surface area contributed by atoms with Crippen molar-refractivity contribution in [3.63, 3.8) is 0 Å². The van der Waals surface area contributed by atoms with Gasteiger partial charge in [-0.15, -0.1) is 0 Å². The standard InChI is InChI=1S/C16H23NO3/c1-4-12(5-2)9-16(19)17-14-7-8-15(20-6-3)13(10-14)11-18/h7-10,18H,4-6,11H2,1-3H3,(H,17,19). The molecule has 1 rings (SSSR count). The van der Waals surface area contributed by atoms with E-state index >= 15 is 0 Å². The number of hydrogen-bond donors (Lipinski definition) is 2. The van der Waals surface area contributed by atoms with Crippen LogP contribution in [0.1, 0.15) is 39.2 Å². The predicted molar refractivity (Wildman–Crippen MR) is 80.8 cm³/mol. The van der Waals surface area contributed by atoms with Crippen molar-refractivity contribution in [2.45, 2.75) is 40.2 Å². The summed E-state index contributed by atoms with van der Waals surface area (Å²) in [6.45, 7) is 6.37. The molecule has 1 aromatic carbocycles. The van der Waals surface area contributed by atoms with Crippen molar-refractivity contribution in [1.82, 2.24) is 0 Å². The van der Waals surface area contributed by atoms with Crippen molar-refractivity contribution < 1.29 is 14.6 Å². The number of aliphatic hydroxyl groups excluding tert-OH is 1. The summed E-state index contributed by atoms with van der Waals surface area (Å²) in [7, 11) is 0. The van der Waals surface area contributed by atoms with Crippen LogP contribution in [0.4, 0.5) is 5.69 Å². The number of aliphatic hydroxyl groups is 1. The zero-order valence-electron chi connectivity index (χ0n) is 12.4. The Kier molecular flexibility index (Phi) is 6.81. The van der Waals surface area contributed by atoms with Gasteiger partial charge in [-0.05, 0) is 38.0 Å². The summed E-state index contributed by atoms with van der Waals surface area (Å²) >= 11 is 0. The molecule has 0 saturated heterocycles. The molecule has 110 valence electrons. The number of ether oxygens (including phenoxy) is 1. The van der Waals surface area contributed by atoms with E-state index in [0.29, 0.717) is 23.6 Å². The molecule has 1 amide bonds. The van der Waals surface area contributed by atoms with E-state index in [0.717, 1.165) is 18.4 Å². The van der Waals surface area contributed by atoms with Crippen LogP contribution < -0.4 is 10.1 Å². The average molecular weight is 277 g/mol. The molecule has 4 nitrogen and oxygen atoms in total. The Bertz CT molecular complexity index is 475. The number of hydrogen-bond acceptors (Lipinski definition) is 3. The summed E-state index contributed by atoms with van der Waals surface area (Å²) in [6, 6.07) is 5.26. The number of anilines is 1. The molecule has 0 aliphatic carbocycles. The van der Waals surface area contributed by atoms with E-state index < -0.39 is 0 Å². The van der Waals surface area contributed by atoms with Gasteiger partial charge >= 0.3 is 0 Å². The van der Waals surface area contributed by atoms with Gasteiger partial charge in [0, 0.05) is 17.3 Å². The van der Waals surface area contributed by atoms with Gasteiger partial charge in [-0.3, -0.25) is 4.79 Å². The molecule has 20 heavy (non-hydrogen) atoms. The van der Waals surface area contributed by atoms with Crippen LogP contribution in [0.15, 0.2) is 29.8 Å². The lowest BCUT2D eigenvalue weighted by molar-refractivity contribution is -0.112. The molecular weight excluding hydrogens is 254 g/mol. The second kappa shape index (κ2) is 8.38. The number of carbonyl (C=O) groups is 1. The van der Waals surface area contributed by atoms with Gasteiger partial charge in [-0.2, -0.15) is 0 Å². The van der Waals surface area contributed by atoms with E-state index in [1.807, 2.05) is 20.8 Å². The number of nitrogens with one attached hydrogen (secondary N) is 1. The SMILES string of the molecule is CCOc1ccc(NC(=O)C=C(CC)CC)cc1CO. The van der Waals surface area contributed by atoms with Crippen LogP contribution in [0, 0.1) is 0 Å². The maximum absolute atomic E-state index is 11.9. The molecule has 2 N–H and O–H groups in total. The molecule has 0 saturated carbocycles. The summed E-state index contributed by atoms with van der Waals surface area (Å²) in [4.78, 5) is 11.9. The third kappa shape index (κ3) is 4.70. The number of carbonyl (C=O) groups excluding carboxylic acids is 1. The Hall–Kier alpha value is -1.81. The molecule has 0 radical (unpaired) electrons. The van der Waals surface area contributed by atoms with Crippen LogP contribution in [0.3, 0.4) is 0 Å². The van der Waals surface area contributed by atoms with Gasteiger partial charge in [-0.1, -0.05) is 19.4 Å². The molecular formula is C16H23NO3. The van der Waals surface area contributed by atoms with Gasteiger partial charge < -0.3 is 15.2 Å². The number of rotatable bonds is 7. The lowest BCUT2D eigenvalue weighted by Crippen LogP contribution is -2.09. The smallest absolute Gasteiger partial charge is 0.248 e. The van der Waals surface area contributed by atoms with E-state index in [4.69, 9.17) is 4.74 Å². The Labute approximate surface area is 120 Å². The van der Waals surface area contributed by atoms with Gasteiger partial charge in [0.05, 0.1) is 13.2 Å². The minimum absolute atomic E-state index is 0.121. The fourth-order valence-electron chi connectivity index (χ4n) is 1.89. The summed E-state index contributed by atoms with van der Waals surface area (Å²) in [5, 5.41) is 12.1. The molecule has 4 heteroatoms. The summed E-state index contributed by atoms with van der Waals surface area (Å²) in [5.41, 5.74) is 2.43. The zero-order chi connectivity index (χ0) is 15.0. The fraction of sp³-hybridized carbons (Fsp3) is 0.438. The van der Waals surface area contributed by atoms with E-state index in [-0.39, 0.29) is 12.5 Å². The van der Waals surface area contributed by atoms with Crippen molar-refractivity contribution >= 4 is 11.6 Å². The molecule has 0 spiro atoms. The van der Waals surface area contributed by atoms with Crippen molar-refractivity contribution in [2.75, 3.05) is 11.9 Å². The molecule has 0 fully saturated rings. The normalized spacial score (nSPS) is 10.0. The first-order chi connectivity index (χ1) is 9.64. The molecule has 0 atom stereocenters. The molecule has 0 bridgehead atoms. The average Bonchev–Trinajstić information content (AvgIpc) is 2.46. The van der Waals surface area contributed by atoms with E-state index in [2.05, 4.69) is 5.32 Å². The van der Waals surface area contributed by atoms with E-state index in [1.54, 1.807) is 24.3 Å². The molecule has 0 aliphatic heterocycles. The van der Waals surface area contributed by atoms with Crippen LogP contribution in [0.5, 0.6) is 5.75 Å². The van der Waals surface area contributed by atoms with E-state index in [1.165, 1.54) is 0 Å². The summed E-state index contributed by atoms with van der Waals surface area (Å²) in [6.07, 6.45) is 3.37. The molecule has 0 aliphatic rings. The number of amides is 1. The maximum Gasteiger partial charge on any atom is 0.248 e. The lowest BCUT2D eigenvalue weighted by Gasteiger charge is -2.11. The van der Waals surface area contributed by atoms with Crippen molar-refractivity contribution in [3.05, 3.63) is 35.4 Å². The summed E-state index contributed by atoms with van der Waals surface area (Å²) < 4.78 is 5.40. The third-order valence-corrected chi connectivity index (χ3v) is 3.04. The second-order valence-electron chi connectivity index (χ2n) is 4.41. The highest BCUT2D eigenvalue weighted by Crippen LogP contribution is 2.23. The van der Waals surface area contributed by atoms with Gasteiger partial charge in [0.15, 0.2) is 0 Å². The van der Waals surface area contributed by atoms with Crippen molar-refractivity contribution in [1.29, 1.82) is 0 Å². The second-order valence-corrected chi connectivity index (χ2v) is 4.41. The first-order valence-electron chi connectivity index (χ1n) is 7.01. The van der Waals surface area contributed by atoms with Gasteiger partial charge in [0.25, 0.3) is 0 Å². The topological polar surface area (TPSA) is 58.6 Å². The summed E-state index contributed by atoms with van der Waals surface area (Å²) in [5.74, 6) is 0.503. The quantitative estimate of drug-likeness (QED) is 0.752. The number of allylic oxidation sites excluding steroid dienone is 1. The Balaban J connectivity index is 2.83. The monoisotopic (exact) mass is 277 g/mol. The first-order valence-corrected chi connectivity index (χ1v) is 7.01. The van der Waals surface area contributed by atoms with Crippen LogP contribution in [0.2, 0.25) is 0 Å². The highest BCUT2D eigenvalue weighted by atomic mass is 16.5. The molecule has 0 aromatic heterocycles. The maximum atomic E-state index is 11.9. The Morgan fingerprint density at radius 2 is 2.00 bits per heavy atom. The molecule has 0 unspecified atom stereocenters. The number of benzene rings is 1. The Morgan fingerprint density at radius 1 is 1.30 bits per heavy atom. The fourth-order valence-corrected chi connectivity index (χ4v) is 1.89. The van der Waals surface area contributed by atoms with Crippen LogP contribution in [-0.4, -0.2) is 17.6 Å². The van der Waals surface area contributed by atoms with Crippen molar-refractivity contribution in [2.24, 2.45) is 0 Å².